The Morgan fingerprint density at radius 3 is 2.77 bits per heavy atom. The van der Waals surface area contributed by atoms with Crippen LogP contribution >= 0.6 is 11.8 Å². The monoisotopic (exact) mass is 327 g/mol. The summed E-state index contributed by atoms with van der Waals surface area (Å²) in [7, 11) is 0. The average Bonchev–Trinajstić information content (AvgIpc) is 2.46. The van der Waals surface area contributed by atoms with Gasteiger partial charge >= 0.3 is 11.9 Å². The smallest absolute Gasteiger partial charge is 0.343 e. The number of ether oxygens (including phenoxy) is 1. The lowest BCUT2D eigenvalue weighted by Gasteiger charge is -2.17. The molecule has 122 valence electrons. The van der Waals surface area contributed by atoms with E-state index in [1.807, 2.05) is 6.92 Å². The van der Waals surface area contributed by atoms with Gasteiger partial charge in [-0.15, -0.1) is 0 Å². The molecule has 0 bridgehead atoms. The van der Waals surface area contributed by atoms with Crippen molar-refractivity contribution in [1.82, 2.24) is 9.97 Å². The Balaban J connectivity index is 2.94. The van der Waals surface area contributed by atoms with Gasteiger partial charge in [0.25, 0.3) is 0 Å². The molecule has 8 heteroatoms. The normalized spacial score (nSPS) is 11.8. The lowest BCUT2D eigenvalue weighted by Crippen LogP contribution is -2.31. The van der Waals surface area contributed by atoms with E-state index in [4.69, 9.17) is 4.74 Å². The minimum atomic E-state index is -0.984. The summed E-state index contributed by atoms with van der Waals surface area (Å²) in [5, 5.41) is 12.1. The van der Waals surface area contributed by atoms with Crippen molar-refractivity contribution in [2.75, 3.05) is 23.4 Å². The Hall–Kier alpha value is -1.83. The second-order valence-corrected chi connectivity index (χ2v) is 5.81. The molecule has 1 rings (SSSR count). The van der Waals surface area contributed by atoms with Crippen LogP contribution in [-0.4, -0.2) is 51.2 Å². The minimum absolute atomic E-state index is 0.141. The molecule has 22 heavy (non-hydrogen) atoms. The van der Waals surface area contributed by atoms with Crippen molar-refractivity contribution >= 4 is 29.5 Å². The first-order chi connectivity index (χ1) is 10.5. The molecule has 1 aromatic rings. The highest BCUT2D eigenvalue weighted by Gasteiger charge is 2.22. The maximum Gasteiger partial charge on any atom is 0.343 e. The van der Waals surface area contributed by atoms with Gasteiger partial charge in [-0.25, -0.2) is 19.6 Å². The third-order valence-electron chi connectivity index (χ3n) is 2.77. The average molecular weight is 327 g/mol. The summed E-state index contributed by atoms with van der Waals surface area (Å²) in [5.74, 6) is 0.717. The summed E-state index contributed by atoms with van der Waals surface area (Å²) >= 11 is 1.66. The van der Waals surface area contributed by atoms with Gasteiger partial charge in [0.1, 0.15) is 23.2 Å². The number of carboxylic acid groups (broad SMARTS) is 1. The van der Waals surface area contributed by atoms with Gasteiger partial charge in [0.2, 0.25) is 0 Å². The number of hydrogen-bond donors (Lipinski definition) is 2. The Bertz CT molecular complexity index is 525. The molecule has 1 heterocycles. The lowest BCUT2D eigenvalue weighted by atomic mass is 10.2. The van der Waals surface area contributed by atoms with Gasteiger partial charge in [-0.1, -0.05) is 6.92 Å². The van der Waals surface area contributed by atoms with Gasteiger partial charge in [-0.2, -0.15) is 11.8 Å². The van der Waals surface area contributed by atoms with Crippen molar-refractivity contribution in [3.63, 3.8) is 0 Å². The summed E-state index contributed by atoms with van der Waals surface area (Å²) in [6.45, 7) is 5.60. The minimum Gasteiger partial charge on any atom is -0.480 e. The SMILES string of the molecule is CCOC(=O)c1cnc(C)nc1NC(CCSCC)C(=O)O. The molecule has 0 saturated carbocycles. The predicted octanol–water partition coefficient (Wildman–Crippen LogP) is 1.97. The van der Waals surface area contributed by atoms with Crippen LogP contribution in [0.15, 0.2) is 6.20 Å². The fraction of sp³-hybridized carbons (Fsp3) is 0.571. The first-order valence-electron chi connectivity index (χ1n) is 7.07. The molecule has 0 aromatic carbocycles. The largest absolute Gasteiger partial charge is 0.480 e. The van der Waals surface area contributed by atoms with E-state index in [0.717, 1.165) is 5.75 Å². The molecule has 0 fully saturated rings. The van der Waals surface area contributed by atoms with E-state index >= 15 is 0 Å². The molecular weight excluding hydrogens is 306 g/mol. The second-order valence-electron chi connectivity index (χ2n) is 4.42. The van der Waals surface area contributed by atoms with Gasteiger partial charge in [-0.05, 0) is 31.8 Å². The van der Waals surface area contributed by atoms with Crippen LogP contribution in [0, 0.1) is 6.92 Å². The number of carbonyl (C=O) groups excluding carboxylic acids is 1. The fourth-order valence-corrected chi connectivity index (χ4v) is 2.40. The zero-order valence-electron chi connectivity index (χ0n) is 13.0. The van der Waals surface area contributed by atoms with Crippen molar-refractivity contribution < 1.29 is 19.4 Å². The molecule has 0 spiro atoms. The molecule has 1 atom stereocenters. The Labute approximate surface area is 133 Å². The van der Waals surface area contributed by atoms with Crippen LogP contribution in [0.3, 0.4) is 0 Å². The van der Waals surface area contributed by atoms with Gasteiger partial charge in [0, 0.05) is 6.20 Å². The molecular formula is C14H21N3O4S. The van der Waals surface area contributed by atoms with Gasteiger partial charge in [-0.3, -0.25) is 0 Å². The van der Waals surface area contributed by atoms with Crippen molar-refractivity contribution in [3.8, 4) is 0 Å². The van der Waals surface area contributed by atoms with Gasteiger partial charge in [0.15, 0.2) is 0 Å². The number of nitrogens with zero attached hydrogens (tertiary/aromatic N) is 2. The summed E-state index contributed by atoms with van der Waals surface area (Å²) in [6, 6.07) is -0.818. The highest BCUT2D eigenvalue weighted by atomic mass is 32.2. The van der Waals surface area contributed by atoms with E-state index < -0.39 is 18.0 Å². The first-order valence-corrected chi connectivity index (χ1v) is 8.22. The van der Waals surface area contributed by atoms with Crippen molar-refractivity contribution in [2.45, 2.75) is 33.2 Å². The summed E-state index contributed by atoms with van der Waals surface area (Å²) < 4.78 is 4.94. The lowest BCUT2D eigenvalue weighted by molar-refractivity contribution is -0.137. The molecule has 2 N–H and O–H groups in total. The van der Waals surface area contributed by atoms with E-state index in [1.165, 1.54) is 6.20 Å². The van der Waals surface area contributed by atoms with Crippen LogP contribution in [0.1, 0.15) is 36.5 Å². The number of anilines is 1. The zero-order chi connectivity index (χ0) is 16.5. The number of aryl methyl sites for hydroxylation is 1. The number of carbonyl (C=O) groups is 2. The standard InChI is InChI=1S/C14H21N3O4S/c1-4-21-14(20)10-8-15-9(3)16-12(10)17-11(13(18)19)6-7-22-5-2/h8,11H,4-7H2,1-3H3,(H,18,19)(H,15,16,17). The third kappa shape index (κ3) is 5.51. The summed E-state index contributed by atoms with van der Waals surface area (Å²) in [6.07, 6.45) is 1.78. The third-order valence-corrected chi connectivity index (χ3v) is 3.70. The molecule has 7 nitrogen and oxygen atoms in total. The van der Waals surface area contributed by atoms with Crippen molar-refractivity contribution in [3.05, 3.63) is 17.6 Å². The fourth-order valence-electron chi connectivity index (χ4n) is 1.71. The Morgan fingerprint density at radius 1 is 1.45 bits per heavy atom. The highest BCUT2D eigenvalue weighted by molar-refractivity contribution is 7.99. The number of carboxylic acids is 1. The van der Waals surface area contributed by atoms with Crippen LogP contribution in [0.4, 0.5) is 5.82 Å². The van der Waals surface area contributed by atoms with Crippen LogP contribution in [0.5, 0.6) is 0 Å². The summed E-state index contributed by atoms with van der Waals surface area (Å²) in [4.78, 5) is 31.4. The van der Waals surface area contributed by atoms with E-state index in [1.54, 1.807) is 25.6 Å². The van der Waals surface area contributed by atoms with Gasteiger partial charge in [0.05, 0.1) is 6.61 Å². The van der Waals surface area contributed by atoms with Crippen LogP contribution in [0.25, 0.3) is 0 Å². The molecule has 0 saturated heterocycles. The molecule has 0 aliphatic rings. The maximum atomic E-state index is 11.9. The Morgan fingerprint density at radius 2 is 2.18 bits per heavy atom. The van der Waals surface area contributed by atoms with Gasteiger partial charge < -0.3 is 15.2 Å². The Kier molecular flexibility index (Phi) is 7.65. The zero-order valence-corrected chi connectivity index (χ0v) is 13.8. The molecule has 1 unspecified atom stereocenters. The predicted molar refractivity (Wildman–Crippen MR) is 85.4 cm³/mol. The second kappa shape index (κ2) is 9.24. The van der Waals surface area contributed by atoms with Crippen LogP contribution < -0.4 is 5.32 Å². The molecule has 0 aliphatic heterocycles. The number of aliphatic carboxylic acids is 1. The number of nitrogens with one attached hydrogen (secondary N) is 1. The molecule has 0 amide bonds. The number of aromatic nitrogens is 2. The van der Waals surface area contributed by atoms with E-state index in [-0.39, 0.29) is 18.0 Å². The molecule has 1 aromatic heterocycles. The number of rotatable bonds is 9. The first kappa shape index (κ1) is 18.2. The maximum absolute atomic E-state index is 11.9. The topological polar surface area (TPSA) is 101 Å². The quantitative estimate of drug-likeness (QED) is 0.524. The van der Waals surface area contributed by atoms with Crippen molar-refractivity contribution in [2.24, 2.45) is 0 Å². The van der Waals surface area contributed by atoms with Crippen LogP contribution in [-0.2, 0) is 9.53 Å². The number of thioether (sulfide) groups is 1. The molecule has 0 radical (unpaired) electrons. The number of esters is 1. The van der Waals surface area contributed by atoms with Crippen molar-refractivity contribution in [1.29, 1.82) is 0 Å². The molecule has 0 aliphatic carbocycles. The highest BCUT2D eigenvalue weighted by Crippen LogP contribution is 2.16. The van der Waals surface area contributed by atoms with E-state index in [0.29, 0.717) is 18.0 Å². The van der Waals surface area contributed by atoms with E-state index in [2.05, 4.69) is 15.3 Å². The van der Waals surface area contributed by atoms with Crippen LogP contribution in [0.2, 0.25) is 0 Å². The van der Waals surface area contributed by atoms with E-state index in [9.17, 15) is 14.7 Å². The number of hydrogen-bond acceptors (Lipinski definition) is 7. The summed E-state index contributed by atoms with van der Waals surface area (Å²) in [5.41, 5.74) is 0.141.